The highest BCUT2D eigenvalue weighted by Gasteiger charge is 2.46. The molecular weight excluding hydrogens is 492 g/mol. The summed E-state index contributed by atoms with van der Waals surface area (Å²) in [6.45, 7) is 5.00. The monoisotopic (exact) mass is 543 g/mol. The minimum Gasteiger partial charge on any atom is -0.390 e. The highest BCUT2D eigenvalue weighted by molar-refractivity contribution is 5.79. The molecule has 0 aliphatic carbocycles. The van der Waals surface area contributed by atoms with Gasteiger partial charge in [0.1, 0.15) is 5.60 Å². The minimum atomic E-state index is -3.22. The molecule has 8 heteroatoms. The number of hydrogen-bond acceptors (Lipinski definition) is 5. The van der Waals surface area contributed by atoms with Crippen LogP contribution in [0.2, 0.25) is 0 Å². The standard InChI is InChI=1S/C30H51F2NO5/c1-3-4-18-30(31,32)29(2,36)19-17-24-15-16-28(35)33(24)22-23(26-13-7-9-20-37-26)11-5-6-12-25(34)27-14-8-10-21-38-27/h17,19,23-27,34,36H,3-16,18,20-22H2,1-2H3. The smallest absolute Gasteiger partial charge is 0.279 e. The fourth-order valence-electron chi connectivity index (χ4n) is 6.07. The third-order valence-electron chi connectivity index (χ3n) is 8.74. The number of likely N-dealkylation sites (tertiary alicyclic amines) is 1. The summed E-state index contributed by atoms with van der Waals surface area (Å²) >= 11 is 0. The molecule has 0 radical (unpaired) electrons. The Kier molecular flexibility index (Phi) is 12.5. The quantitative estimate of drug-likeness (QED) is 0.202. The molecule has 3 aliphatic rings. The Balaban J connectivity index is 1.59. The summed E-state index contributed by atoms with van der Waals surface area (Å²) in [5.74, 6) is -3.04. The topological polar surface area (TPSA) is 79.2 Å². The summed E-state index contributed by atoms with van der Waals surface area (Å²) in [4.78, 5) is 14.7. The molecule has 3 fully saturated rings. The van der Waals surface area contributed by atoms with Crippen molar-refractivity contribution in [3.8, 4) is 0 Å². The third kappa shape index (κ3) is 8.97. The van der Waals surface area contributed by atoms with Crippen LogP contribution in [-0.2, 0) is 14.3 Å². The van der Waals surface area contributed by atoms with Crippen LogP contribution in [0.5, 0.6) is 0 Å². The molecule has 38 heavy (non-hydrogen) atoms. The number of ether oxygens (including phenoxy) is 2. The zero-order chi connectivity index (χ0) is 27.6. The van der Waals surface area contributed by atoms with Crippen LogP contribution in [0.25, 0.3) is 0 Å². The van der Waals surface area contributed by atoms with Gasteiger partial charge in [-0.1, -0.05) is 32.3 Å². The average Bonchev–Trinajstić information content (AvgIpc) is 3.27. The van der Waals surface area contributed by atoms with Crippen LogP contribution >= 0.6 is 0 Å². The van der Waals surface area contributed by atoms with E-state index in [2.05, 4.69) is 0 Å². The highest BCUT2D eigenvalue weighted by Crippen LogP contribution is 2.36. The number of aliphatic hydroxyl groups is 2. The van der Waals surface area contributed by atoms with Crippen molar-refractivity contribution < 1.29 is 33.3 Å². The molecule has 0 spiro atoms. The van der Waals surface area contributed by atoms with Gasteiger partial charge in [-0.15, -0.1) is 0 Å². The van der Waals surface area contributed by atoms with Crippen molar-refractivity contribution in [2.24, 2.45) is 5.92 Å². The first-order chi connectivity index (χ1) is 18.1. The van der Waals surface area contributed by atoms with Crippen molar-refractivity contribution in [2.45, 2.75) is 146 Å². The lowest BCUT2D eigenvalue weighted by atomic mass is 9.89. The molecule has 3 saturated heterocycles. The number of hydrogen-bond donors (Lipinski definition) is 2. The number of carbonyl (C=O) groups excluding carboxylic acids is 1. The predicted octanol–water partition coefficient (Wildman–Crippen LogP) is 5.79. The van der Waals surface area contributed by atoms with E-state index in [1.165, 1.54) is 6.08 Å². The molecule has 0 bridgehead atoms. The summed E-state index contributed by atoms with van der Waals surface area (Å²) in [5.41, 5.74) is -2.26. The summed E-state index contributed by atoms with van der Waals surface area (Å²) < 4.78 is 41.1. The van der Waals surface area contributed by atoms with E-state index >= 15 is 0 Å². The van der Waals surface area contributed by atoms with Crippen molar-refractivity contribution >= 4 is 5.91 Å². The van der Waals surface area contributed by atoms with Crippen LogP contribution in [0.3, 0.4) is 0 Å². The van der Waals surface area contributed by atoms with Crippen molar-refractivity contribution in [3.05, 3.63) is 12.2 Å². The second kappa shape index (κ2) is 15.1. The Morgan fingerprint density at radius 1 is 1.03 bits per heavy atom. The molecule has 3 rings (SSSR count). The van der Waals surface area contributed by atoms with Crippen LogP contribution in [0.1, 0.15) is 110 Å². The largest absolute Gasteiger partial charge is 0.390 e. The first kappa shape index (κ1) is 31.4. The van der Waals surface area contributed by atoms with E-state index < -0.39 is 17.6 Å². The molecule has 220 valence electrons. The molecular formula is C30H51F2NO5. The van der Waals surface area contributed by atoms with E-state index in [0.29, 0.717) is 38.6 Å². The minimum absolute atomic E-state index is 0.0303. The molecule has 3 heterocycles. The molecule has 0 aromatic rings. The number of unbranched alkanes of at least 4 members (excludes halogenated alkanes) is 2. The van der Waals surface area contributed by atoms with E-state index in [0.717, 1.165) is 77.9 Å². The number of alkyl halides is 2. The van der Waals surface area contributed by atoms with Gasteiger partial charge in [-0.25, -0.2) is 8.78 Å². The second-order valence-corrected chi connectivity index (χ2v) is 11.9. The predicted molar refractivity (Wildman–Crippen MR) is 144 cm³/mol. The maximum Gasteiger partial charge on any atom is 0.279 e. The lowest BCUT2D eigenvalue weighted by Gasteiger charge is -2.35. The fraction of sp³-hybridized carbons (Fsp3) is 0.900. The van der Waals surface area contributed by atoms with E-state index in [9.17, 15) is 23.8 Å². The maximum absolute atomic E-state index is 14.6. The SMILES string of the molecule is CCCCC(F)(F)C(C)(O)C=CC1CCC(=O)N1CC(CCCCC(O)C1CCCCO1)C1CCCCO1. The molecule has 6 atom stereocenters. The van der Waals surface area contributed by atoms with E-state index in [4.69, 9.17) is 9.47 Å². The first-order valence-electron chi connectivity index (χ1n) is 15.1. The highest BCUT2D eigenvalue weighted by atomic mass is 19.3. The molecule has 6 unspecified atom stereocenters. The second-order valence-electron chi connectivity index (χ2n) is 11.9. The Morgan fingerprint density at radius 2 is 1.68 bits per heavy atom. The molecule has 0 aromatic carbocycles. The molecule has 2 N–H and O–H groups in total. The normalized spacial score (nSPS) is 28.5. The number of amides is 1. The van der Waals surface area contributed by atoms with Crippen molar-refractivity contribution in [1.29, 1.82) is 0 Å². The van der Waals surface area contributed by atoms with Gasteiger partial charge >= 0.3 is 0 Å². The fourth-order valence-corrected chi connectivity index (χ4v) is 6.07. The van der Waals surface area contributed by atoms with Gasteiger partial charge in [0.05, 0.1) is 24.4 Å². The lowest BCUT2D eigenvalue weighted by Crippen LogP contribution is -2.45. The Morgan fingerprint density at radius 3 is 2.32 bits per heavy atom. The van der Waals surface area contributed by atoms with E-state index in [1.54, 1.807) is 6.08 Å². The molecule has 1 amide bonds. The van der Waals surface area contributed by atoms with E-state index in [1.807, 2.05) is 11.8 Å². The Bertz CT molecular complexity index is 734. The zero-order valence-corrected chi connectivity index (χ0v) is 23.6. The van der Waals surface area contributed by atoms with Gasteiger partial charge in [-0.05, 0) is 77.2 Å². The van der Waals surface area contributed by atoms with Gasteiger partial charge in [0.15, 0.2) is 0 Å². The van der Waals surface area contributed by atoms with Crippen molar-refractivity contribution in [2.75, 3.05) is 19.8 Å². The average molecular weight is 544 g/mol. The Labute approximate surface area is 228 Å². The van der Waals surface area contributed by atoms with Crippen LogP contribution in [0.4, 0.5) is 8.78 Å². The van der Waals surface area contributed by atoms with Gasteiger partial charge < -0.3 is 24.6 Å². The Hall–Kier alpha value is -1.09. The number of nitrogens with zero attached hydrogens (tertiary/aromatic N) is 1. The molecule has 0 saturated carbocycles. The summed E-state index contributed by atoms with van der Waals surface area (Å²) in [5, 5.41) is 21.1. The van der Waals surface area contributed by atoms with Crippen LogP contribution in [0, 0.1) is 5.92 Å². The van der Waals surface area contributed by atoms with Gasteiger partial charge in [-0.3, -0.25) is 4.79 Å². The van der Waals surface area contributed by atoms with Crippen LogP contribution < -0.4 is 0 Å². The maximum atomic E-state index is 14.6. The molecule has 0 aromatic heterocycles. The van der Waals surface area contributed by atoms with Crippen molar-refractivity contribution in [3.63, 3.8) is 0 Å². The molecule has 6 nitrogen and oxygen atoms in total. The van der Waals surface area contributed by atoms with Crippen LogP contribution in [-0.4, -0.2) is 76.7 Å². The van der Waals surface area contributed by atoms with Crippen molar-refractivity contribution in [1.82, 2.24) is 4.90 Å². The summed E-state index contributed by atoms with van der Waals surface area (Å²) in [7, 11) is 0. The number of carbonyl (C=O) groups is 1. The number of rotatable bonds is 15. The third-order valence-corrected chi connectivity index (χ3v) is 8.74. The first-order valence-corrected chi connectivity index (χ1v) is 15.1. The van der Waals surface area contributed by atoms with Gasteiger partial charge in [0, 0.05) is 38.5 Å². The molecule has 3 aliphatic heterocycles. The van der Waals surface area contributed by atoms with Gasteiger partial charge in [-0.2, -0.15) is 0 Å². The zero-order valence-electron chi connectivity index (χ0n) is 23.6. The lowest BCUT2D eigenvalue weighted by molar-refractivity contribution is -0.150. The van der Waals surface area contributed by atoms with E-state index in [-0.39, 0.29) is 36.5 Å². The van der Waals surface area contributed by atoms with Crippen LogP contribution in [0.15, 0.2) is 12.2 Å². The summed E-state index contributed by atoms with van der Waals surface area (Å²) in [6.07, 6.45) is 13.6. The number of aliphatic hydroxyl groups excluding tert-OH is 1. The van der Waals surface area contributed by atoms with Gasteiger partial charge in [0.2, 0.25) is 5.91 Å². The van der Waals surface area contributed by atoms with Gasteiger partial charge in [0.25, 0.3) is 5.92 Å². The summed E-state index contributed by atoms with van der Waals surface area (Å²) in [6, 6.07) is -0.299. The number of halogens is 2.